The molecule has 1 aliphatic carbocycles. The molecule has 1 N–H and O–H groups in total. The van der Waals surface area contributed by atoms with Gasteiger partial charge in [-0.2, -0.15) is 0 Å². The van der Waals surface area contributed by atoms with Gasteiger partial charge in [0.15, 0.2) is 0 Å². The SMILES string of the molecule is Cn1cnnc1[C@@H](c1ccccc1)c1cccc(N2Cc3c(Cl)cc(CNC4(C)CCC4)cc3C2=O)c1. The topological polar surface area (TPSA) is 63.1 Å². The van der Waals surface area contributed by atoms with Gasteiger partial charge < -0.3 is 14.8 Å². The summed E-state index contributed by atoms with van der Waals surface area (Å²) < 4.78 is 1.95. The Bertz CT molecular complexity index is 1460. The molecular formula is C30H30ClN5O. The van der Waals surface area contributed by atoms with Crippen molar-refractivity contribution in [1.29, 1.82) is 0 Å². The summed E-state index contributed by atoms with van der Waals surface area (Å²) in [7, 11) is 1.95. The predicted molar refractivity (Wildman–Crippen MR) is 146 cm³/mol. The van der Waals surface area contributed by atoms with Crippen molar-refractivity contribution in [3.05, 3.63) is 112 Å². The summed E-state index contributed by atoms with van der Waals surface area (Å²) >= 11 is 6.71. The zero-order chi connectivity index (χ0) is 25.6. The van der Waals surface area contributed by atoms with Crippen LogP contribution in [-0.2, 0) is 20.1 Å². The van der Waals surface area contributed by atoms with E-state index in [9.17, 15) is 4.79 Å². The number of aromatic nitrogens is 3. The molecule has 1 amide bonds. The number of nitrogens with zero attached hydrogens (tertiary/aromatic N) is 4. The smallest absolute Gasteiger partial charge is 0.258 e. The second-order valence-electron chi connectivity index (χ2n) is 10.5. The van der Waals surface area contributed by atoms with Crippen LogP contribution in [0, 0.1) is 0 Å². The van der Waals surface area contributed by atoms with Crippen LogP contribution in [0.3, 0.4) is 0 Å². The van der Waals surface area contributed by atoms with Gasteiger partial charge >= 0.3 is 0 Å². The van der Waals surface area contributed by atoms with Crippen molar-refractivity contribution < 1.29 is 4.79 Å². The number of nitrogens with one attached hydrogen (secondary N) is 1. The summed E-state index contributed by atoms with van der Waals surface area (Å²) in [6, 6.07) is 22.4. The molecule has 37 heavy (non-hydrogen) atoms. The molecule has 1 aliphatic heterocycles. The number of aryl methyl sites for hydroxylation is 1. The average Bonchev–Trinajstić information content (AvgIpc) is 3.46. The fourth-order valence-electron chi connectivity index (χ4n) is 5.49. The van der Waals surface area contributed by atoms with Gasteiger partial charge in [0.05, 0.1) is 12.5 Å². The Morgan fingerprint density at radius 1 is 1.05 bits per heavy atom. The van der Waals surface area contributed by atoms with E-state index in [1.165, 1.54) is 19.3 Å². The fraction of sp³-hybridized carbons (Fsp3) is 0.300. The van der Waals surface area contributed by atoms with E-state index in [0.29, 0.717) is 23.7 Å². The van der Waals surface area contributed by atoms with Crippen LogP contribution in [0.4, 0.5) is 5.69 Å². The number of hydrogen-bond donors (Lipinski definition) is 1. The van der Waals surface area contributed by atoms with Crippen molar-refractivity contribution in [3.63, 3.8) is 0 Å². The minimum Gasteiger partial charge on any atom is -0.320 e. The number of rotatable bonds is 7. The van der Waals surface area contributed by atoms with Crippen molar-refractivity contribution in [2.75, 3.05) is 4.90 Å². The van der Waals surface area contributed by atoms with Crippen LogP contribution in [-0.4, -0.2) is 26.2 Å². The van der Waals surface area contributed by atoms with Gasteiger partial charge in [0.2, 0.25) is 0 Å². The number of carbonyl (C=O) groups excluding carboxylic acids is 1. The molecule has 0 spiro atoms. The van der Waals surface area contributed by atoms with Crippen molar-refractivity contribution >= 4 is 23.2 Å². The highest BCUT2D eigenvalue weighted by Gasteiger charge is 2.33. The van der Waals surface area contributed by atoms with Crippen LogP contribution in [0.5, 0.6) is 0 Å². The van der Waals surface area contributed by atoms with Gasteiger partial charge in [-0.1, -0.05) is 54.1 Å². The van der Waals surface area contributed by atoms with Crippen molar-refractivity contribution in [2.24, 2.45) is 7.05 Å². The zero-order valence-electron chi connectivity index (χ0n) is 21.1. The number of amides is 1. The number of benzene rings is 3. The van der Waals surface area contributed by atoms with E-state index in [1.54, 1.807) is 6.33 Å². The van der Waals surface area contributed by atoms with Crippen LogP contribution in [0.1, 0.15) is 70.5 Å². The number of carbonyl (C=O) groups is 1. The lowest BCUT2D eigenvalue weighted by atomic mass is 9.78. The standard InChI is InChI=1S/C30H30ClN5O/c1-30(12-7-13-30)32-17-20-14-24-25(26(31)15-20)18-36(29(24)37)23-11-6-10-22(16-23)27(21-8-4-3-5-9-21)28-34-33-19-35(28)2/h3-6,8-11,14-16,19,27,32H,7,12-13,17-18H2,1-2H3/t27-/m0/s1. The summed E-state index contributed by atoms with van der Waals surface area (Å²) in [6.07, 6.45) is 5.36. The van der Waals surface area contributed by atoms with E-state index in [2.05, 4.69) is 46.7 Å². The quantitative estimate of drug-likeness (QED) is 0.338. The van der Waals surface area contributed by atoms with E-state index >= 15 is 0 Å². The van der Waals surface area contributed by atoms with Gasteiger partial charge in [-0.3, -0.25) is 4.79 Å². The van der Waals surface area contributed by atoms with Gasteiger partial charge in [-0.05, 0) is 67.1 Å². The first-order chi connectivity index (χ1) is 17.9. The molecule has 3 aromatic carbocycles. The lowest BCUT2D eigenvalue weighted by Gasteiger charge is -2.39. The Morgan fingerprint density at radius 3 is 2.54 bits per heavy atom. The molecule has 6 rings (SSSR count). The molecular weight excluding hydrogens is 482 g/mol. The molecule has 1 atom stereocenters. The third-order valence-electron chi connectivity index (χ3n) is 7.88. The molecule has 0 bridgehead atoms. The lowest BCUT2D eigenvalue weighted by molar-refractivity contribution is 0.0996. The fourth-order valence-corrected chi connectivity index (χ4v) is 5.79. The molecule has 188 valence electrons. The van der Waals surface area contributed by atoms with E-state index in [1.807, 2.05) is 59.0 Å². The molecule has 1 aromatic heterocycles. The van der Waals surface area contributed by atoms with Crippen molar-refractivity contribution in [1.82, 2.24) is 20.1 Å². The third-order valence-corrected chi connectivity index (χ3v) is 8.21. The Balaban J connectivity index is 1.31. The minimum absolute atomic E-state index is 0.0133. The molecule has 1 saturated carbocycles. The number of halogens is 1. The first-order valence-electron chi connectivity index (χ1n) is 12.8. The van der Waals surface area contributed by atoms with Crippen LogP contribution in [0.2, 0.25) is 5.02 Å². The predicted octanol–water partition coefficient (Wildman–Crippen LogP) is 5.84. The highest BCUT2D eigenvalue weighted by Crippen LogP contribution is 2.37. The number of fused-ring (bicyclic) bond motifs is 1. The normalized spacial score (nSPS) is 16.9. The van der Waals surface area contributed by atoms with E-state index in [-0.39, 0.29) is 17.4 Å². The number of hydrogen-bond acceptors (Lipinski definition) is 4. The summed E-state index contributed by atoms with van der Waals surface area (Å²) in [5.74, 6) is 0.725. The monoisotopic (exact) mass is 511 g/mol. The number of anilines is 1. The summed E-state index contributed by atoms with van der Waals surface area (Å²) in [5, 5.41) is 12.8. The molecule has 0 saturated heterocycles. The average molecular weight is 512 g/mol. The lowest BCUT2D eigenvalue weighted by Crippen LogP contribution is -2.47. The largest absolute Gasteiger partial charge is 0.320 e. The highest BCUT2D eigenvalue weighted by molar-refractivity contribution is 6.32. The molecule has 2 heterocycles. The van der Waals surface area contributed by atoms with Crippen molar-refractivity contribution in [3.8, 4) is 0 Å². The summed E-state index contributed by atoms with van der Waals surface area (Å²) in [5.41, 5.74) is 5.84. The molecule has 0 unspecified atom stereocenters. The van der Waals surface area contributed by atoms with Crippen LogP contribution >= 0.6 is 11.6 Å². The second-order valence-corrected chi connectivity index (χ2v) is 10.9. The molecule has 1 fully saturated rings. The Hall–Kier alpha value is -3.48. The maximum atomic E-state index is 13.6. The van der Waals surface area contributed by atoms with Gasteiger partial charge in [-0.25, -0.2) is 0 Å². The summed E-state index contributed by atoms with van der Waals surface area (Å²) in [4.78, 5) is 15.4. The zero-order valence-corrected chi connectivity index (χ0v) is 21.9. The van der Waals surface area contributed by atoms with Gasteiger partial charge in [0, 0.05) is 41.0 Å². The Labute approximate surface area is 222 Å². The van der Waals surface area contributed by atoms with E-state index in [0.717, 1.165) is 33.8 Å². The highest BCUT2D eigenvalue weighted by atomic mass is 35.5. The maximum absolute atomic E-state index is 13.6. The third kappa shape index (κ3) is 4.45. The molecule has 6 nitrogen and oxygen atoms in total. The van der Waals surface area contributed by atoms with Crippen LogP contribution in [0.25, 0.3) is 0 Å². The Kier molecular flexibility index (Phi) is 6.09. The van der Waals surface area contributed by atoms with Crippen molar-refractivity contribution in [2.45, 2.75) is 50.7 Å². The second kappa shape index (κ2) is 9.43. The summed E-state index contributed by atoms with van der Waals surface area (Å²) in [6.45, 7) is 3.43. The van der Waals surface area contributed by atoms with E-state index < -0.39 is 0 Å². The molecule has 0 radical (unpaired) electrons. The maximum Gasteiger partial charge on any atom is 0.258 e. The first-order valence-corrected chi connectivity index (χ1v) is 13.2. The van der Waals surface area contributed by atoms with Crippen LogP contribution in [0.15, 0.2) is 73.1 Å². The van der Waals surface area contributed by atoms with Gasteiger partial charge in [-0.15, -0.1) is 10.2 Å². The van der Waals surface area contributed by atoms with Gasteiger partial charge in [0.1, 0.15) is 12.2 Å². The molecule has 7 heteroatoms. The van der Waals surface area contributed by atoms with Crippen LogP contribution < -0.4 is 10.2 Å². The Morgan fingerprint density at radius 2 is 1.84 bits per heavy atom. The minimum atomic E-state index is -0.108. The van der Waals surface area contributed by atoms with E-state index in [4.69, 9.17) is 11.6 Å². The molecule has 4 aromatic rings. The first kappa shape index (κ1) is 23.9. The van der Waals surface area contributed by atoms with Gasteiger partial charge in [0.25, 0.3) is 5.91 Å². The molecule has 2 aliphatic rings.